The fourth-order valence-corrected chi connectivity index (χ4v) is 3.73. The van der Waals surface area contributed by atoms with Gasteiger partial charge in [-0.15, -0.1) is 0 Å². The summed E-state index contributed by atoms with van der Waals surface area (Å²) in [6, 6.07) is 0. The first-order valence-corrected chi connectivity index (χ1v) is 10.7. The molecule has 29 heavy (non-hydrogen) atoms. The van der Waals surface area contributed by atoms with Gasteiger partial charge in [-0.3, -0.25) is 0 Å². The van der Waals surface area contributed by atoms with E-state index in [2.05, 4.69) is 84.1 Å². The third kappa shape index (κ3) is 9.92. The lowest BCUT2D eigenvalue weighted by molar-refractivity contribution is 0.116. The lowest BCUT2D eigenvalue weighted by Gasteiger charge is -2.35. The van der Waals surface area contributed by atoms with Crippen LogP contribution in [0.15, 0.2) is 82.5 Å². The Morgan fingerprint density at radius 2 is 1.62 bits per heavy atom. The summed E-state index contributed by atoms with van der Waals surface area (Å²) in [6.07, 6.45) is 22.1. The van der Waals surface area contributed by atoms with Crippen LogP contribution in [0.25, 0.3) is 0 Å². The topological polar surface area (TPSA) is 40.5 Å². The molecule has 1 aliphatic carbocycles. The predicted octanol–water partition coefficient (Wildman–Crippen LogP) is 6.76. The van der Waals surface area contributed by atoms with Gasteiger partial charge in [0, 0.05) is 6.61 Å². The number of aliphatic hydroxyl groups excluding tert-OH is 2. The van der Waals surface area contributed by atoms with E-state index < -0.39 is 0 Å². The van der Waals surface area contributed by atoms with E-state index in [-0.39, 0.29) is 18.1 Å². The molecule has 2 heteroatoms. The van der Waals surface area contributed by atoms with E-state index in [0.29, 0.717) is 0 Å². The molecule has 0 aromatic heterocycles. The number of hydrogen-bond donors (Lipinski definition) is 2. The van der Waals surface area contributed by atoms with E-state index in [9.17, 15) is 5.11 Å². The van der Waals surface area contributed by atoms with Gasteiger partial charge in [0.25, 0.3) is 0 Å². The molecule has 0 saturated carbocycles. The van der Waals surface area contributed by atoms with E-state index in [1.54, 1.807) is 0 Å². The van der Waals surface area contributed by atoms with Crippen LogP contribution in [0, 0.1) is 5.41 Å². The van der Waals surface area contributed by atoms with E-state index >= 15 is 0 Å². The zero-order valence-electron chi connectivity index (χ0n) is 19.2. The Kier molecular flexibility index (Phi) is 10.9. The number of rotatable bonds is 9. The summed E-state index contributed by atoms with van der Waals surface area (Å²) in [5.74, 6) is 0. The van der Waals surface area contributed by atoms with Crippen molar-refractivity contribution >= 4 is 0 Å². The van der Waals surface area contributed by atoms with Crippen molar-refractivity contribution in [3.05, 3.63) is 82.5 Å². The minimum absolute atomic E-state index is 0.0188. The fourth-order valence-electron chi connectivity index (χ4n) is 3.73. The molecule has 1 aliphatic rings. The second-order valence-electron chi connectivity index (χ2n) is 8.88. The Morgan fingerprint density at radius 1 is 1.00 bits per heavy atom. The smallest absolute Gasteiger partial charge is 0.0585 e. The summed E-state index contributed by atoms with van der Waals surface area (Å²) < 4.78 is 0. The Bertz CT molecular complexity index is 736. The maximum absolute atomic E-state index is 10.0. The molecule has 0 radical (unpaired) electrons. The maximum Gasteiger partial charge on any atom is 0.0585 e. The minimum Gasteiger partial charge on any atom is -0.396 e. The molecular weight excluding hydrogens is 356 g/mol. The Balaban J connectivity index is 2.67. The molecule has 0 aliphatic heterocycles. The predicted molar refractivity (Wildman–Crippen MR) is 127 cm³/mol. The Hall–Kier alpha value is -1.90. The largest absolute Gasteiger partial charge is 0.396 e. The van der Waals surface area contributed by atoms with Gasteiger partial charge in [0.2, 0.25) is 0 Å². The summed E-state index contributed by atoms with van der Waals surface area (Å²) in [6.45, 7) is 13.1. The molecular formula is C27H40O2. The average molecular weight is 397 g/mol. The van der Waals surface area contributed by atoms with Crippen LogP contribution in [0.3, 0.4) is 0 Å². The monoisotopic (exact) mass is 396 g/mol. The third-order valence-corrected chi connectivity index (χ3v) is 5.29. The van der Waals surface area contributed by atoms with Gasteiger partial charge in [-0.1, -0.05) is 90.8 Å². The number of allylic oxidation sites excluding steroid dienone is 13. The molecule has 160 valence electrons. The van der Waals surface area contributed by atoms with Crippen LogP contribution in [0.5, 0.6) is 0 Å². The fraction of sp³-hybridized carbons (Fsp3) is 0.481. The van der Waals surface area contributed by atoms with Gasteiger partial charge < -0.3 is 10.2 Å². The standard InChI is InChI=1S/C27H40O2/c1-21(11-7-8-12-22(2)15-10-18-28)13-9-14-23(3)16-17-26-24(4)19-25(29)20-27(26,5)6/h7-9,11-14,16-17,25,28-29H,10,15,18-20H2,1-6H3. The Labute approximate surface area is 178 Å². The van der Waals surface area contributed by atoms with Crippen LogP contribution in [0.1, 0.15) is 67.2 Å². The molecule has 0 saturated heterocycles. The van der Waals surface area contributed by atoms with Crippen LogP contribution < -0.4 is 0 Å². The van der Waals surface area contributed by atoms with Gasteiger partial charge in [0.05, 0.1) is 6.10 Å². The first-order chi connectivity index (χ1) is 13.7. The molecule has 1 atom stereocenters. The molecule has 0 aromatic rings. The molecule has 0 bridgehead atoms. The highest BCUT2D eigenvalue weighted by molar-refractivity contribution is 5.37. The van der Waals surface area contributed by atoms with E-state index in [1.807, 2.05) is 12.2 Å². The average Bonchev–Trinajstić information content (AvgIpc) is 2.62. The van der Waals surface area contributed by atoms with Gasteiger partial charge in [0.15, 0.2) is 0 Å². The molecule has 0 spiro atoms. The molecule has 1 unspecified atom stereocenters. The molecule has 2 N–H and O–H groups in total. The summed E-state index contributed by atoms with van der Waals surface area (Å²) in [5, 5.41) is 18.9. The van der Waals surface area contributed by atoms with Crippen molar-refractivity contribution in [1.29, 1.82) is 0 Å². The quantitative estimate of drug-likeness (QED) is 0.422. The summed E-state index contributed by atoms with van der Waals surface area (Å²) in [7, 11) is 0. The van der Waals surface area contributed by atoms with Crippen LogP contribution in [-0.2, 0) is 0 Å². The zero-order chi connectivity index (χ0) is 21.9. The van der Waals surface area contributed by atoms with Crippen LogP contribution in [0.4, 0.5) is 0 Å². The van der Waals surface area contributed by atoms with Crippen molar-refractivity contribution in [1.82, 2.24) is 0 Å². The van der Waals surface area contributed by atoms with Crippen molar-refractivity contribution in [3.8, 4) is 0 Å². The highest BCUT2D eigenvalue weighted by atomic mass is 16.3. The highest BCUT2D eigenvalue weighted by Gasteiger charge is 2.31. The molecule has 0 amide bonds. The zero-order valence-corrected chi connectivity index (χ0v) is 19.2. The van der Waals surface area contributed by atoms with Crippen molar-refractivity contribution in [2.45, 2.75) is 73.3 Å². The maximum atomic E-state index is 10.0. The summed E-state index contributed by atoms with van der Waals surface area (Å²) in [5.41, 5.74) is 6.34. The molecule has 0 fully saturated rings. The first kappa shape index (κ1) is 25.1. The van der Waals surface area contributed by atoms with E-state index in [0.717, 1.165) is 25.7 Å². The molecule has 1 rings (SSSR count). The van der Waals surface area contributed by atoms with Crippen molar-refractivity contribution < 1.29 is 10.2 Å². The van der Waals surface area contributed by atoms with Crippen LogP contribution >= 0.6 is 0 Å². The van der Waals surface area contributed by atoms with Crippen LogP contribution in [0.2, 0.25) is 0 Å². The third-order valence-electron chi connectivity index (χ3n) is 5.29. The lowest BCUT2D eigenvalue weighted by atomic mass is 9.71. The number of hydrogen-bond acceptors (Lipinski definition) is 2. The van der Waals surface area contributed by atoms with Crippen molar-refractivity contribution in [2.24, 2.45) is 5.41 Å². The second kappa shape index (κ2) is 12.6. The van der Waals surface area contributed by atoms with E-state index in [1.165, 1.54) is 27.9 Å². The lowest BCUT2D eigenvalue weighted by Crippen LogP contribution is -2.28. The molecule has 0 aromatic carbocycles. The normalized spacial score (nSPS) is 21.9. The highest BCUT2D eigenvalue weighted by Crippen LogP contribution is 2.41. The van der Waals surface area contributed by atoms with Crippen LogP contribution in [-0.4, -0.2) is 22.9 Å². The van der Waals surface area contributed by atoms with Gasteiger partial charge in [0.1, 0.15) is 0 Å². The molecule has 2 nitrogen and oxygen atoms in total. The van der Waals surface area contributed by atoms with Crippen molar-refractivity contribution in [3.63, 3.8) is 0 Å². The second-order valence-corrected chi connectivity index (χ2v) is 8.88. The Morgan fingerprint density at radius 3 is 2.28 bits per heavy atom. The summed E-state index contributed by atoms with van der Waals surface area (Å²) >= 11 is 0. The first-order valence-electron chi connectivity index (χ1n) is 10.7. The minimum atomic E-state index is -0.217. The SMILES string of the molecule is CC(C=CC=C(C)C=CC1=C(C)CC(O)CC1(C)C)=CC=CC=C(C)CCCO. The van der Waals surface area contributed by atoms with Gasteiger partial charge in [-0.25, -0.2) is 0 Å². The number of aliphatic hydroxyl groups is 2. The van der Waals surface area contributed by atoms with Gasteiger partial charge >= 0.3 is 0 Å². The summed E-state index contributed by atoms with van der Waals surface area (Å²) in [4.78, 5) is 0. The van der Waals surface area contributed by atoms with Gasteiger partial charge in [-0.05, 0) is 64.4 Å². The van der Waals surface area contributed by atoms with Gasteiger partial charge in [-0.2, -0.15) is 0 Å². The molecule has 0 heterocycles. The van der Waals surface area contributed by atoms with E-state index in [4.69, 9.17) is 5.11 Å². The van der Waals surface area contributed by atoms with Crippen molar-refractivity contribution in [2.75, 3.05) is 6.61 Å².